The van der Waals surface area contributed by atoms with Crippen LogP contribution in [-0.4, -0.2) is 11.8 Å². The maximum Gasteiger partial charge on any atom is 0.155 e. The van der Waals surface area contributed by atoms with E-state index in [1.807, 2.05) is 18.2 Å². The van der Waals surface area contributed by atoms with Crippen LogP contribution in [0.5, 0.6) is 0 Å². The maximum atomic E-state index is 10.7. The molecule has 0 saturated heterocycles. The summed E-state index contributed by atoms with van der Waals surface area (Å²) in [6.45, 7) is 1.57. The second kappa shape index (κ2) is 2.49. The van der Waals surface area contributed by atoms with Gasteiger partial charge < -0.3 is 5.32 Å². The van der Waals surface area contributed by atoms with E-state index in [1.165, 1.54) is 0 Å². The van der Waals surface area contributed by atoms with Crippen LogP contribution in [0.2, 0.25) is 0 Å². The zero-order chi connectivity index (χ0) is 6.69. The molecule has 0 spiro atoms. The molecule has 1 N–H and O–H groups in total. The molecule has 9 heavy (non-hydrogen) atoms. The lowest BCUT2D eigenvalue weighted by atomic mass is 10.1. The van der Waals surface area contributed by atoms with Gasteiger partial charge in [-0.25, -0.2) is 0 Å². The molecule has 1 aliphatic rings. The predicted octanol–water partition coefficient (Wildman–Crippen LogP) is 0.617. The second-order valence-corrected chi connectivity index (χ2v) is 2.00. The summed E-state index contributed by atoms with van der Waals surface area (Å²) in [6, 6.07) is -0.102. The lowest BCUT2D eigenvalue weighted by Crippen LogP contribution is -2.30. The molecule has 0 aromatic heterocycles. The molecule has 2 heteroatoms. The van der Waals surface area contributed by atoms with E-state index in [0.717, 1.165) is 0 Å². The van der Waals surface area contributed by atoms with Crippen molar-refractivity contribution in [1.82, 2.24) is 5.32 Å². The number of dihydropyridines is 1. The summed E-state index contributed by atoms with van der Waals surface area (Å²) in [4.78, 5) is 10.7. The van der Waals surface area contributed by atoms with Gasteiger partial charge >= 0.3 is 0 Å². The third kappa shape index (κ3) is 1.42. The van der Waals surface area contributed by atoms with Crippen LogP contribution in [0.3, 0.4) is 0 Å². The third-order valence-corrected chi connectivity index (χ3v) is 1.22. The summed E-state index contributed by atoms with van der Waals surface area (Å²) in [5.74, 6) is 0.149. The van der Waals surface area contributed by atoms with Gasteiger partial charge in [0.05, 0.1) is 0 Å². The molecule has 0 bridgehead atoms. The minimum absolute atomic E-state index is 0.102. The Hall–Kier alpha value is -1.05. The molecule has 1 rings (SSSR count). The van der Waals surface area contributed by atoms with Gasteiger partial charge in [-0.2, -0.15) is 0 Å². The highest BCUT2D eigenvalue weighted by Crippen LogP contribution is 1.94. The van der Waals surface area contributed by atoms with Crippen molar-refractivity contribution in [2.45, 2.75) is 13.0 Å². The average Bonchev–Trinajstić information content (AvgIpc) is 1.90. The lowest BCUT2D eigenvalue weighted by molar-refractivity contribution is -0.117. The van der Waals surface area contributed by atoms with Crippen LogP contribution >= 0.6 is 0 Å². The lowest BCUT2D eigenvalue weighted by Gasteiger charge is -2.10. The molecular weight excluding hydrogens is 114 g/mol. The van der Waals surface area contributed by atoms with E-state index in [4.69, 9.17) is 0 Å². The van der Waals surface area contributed by atoms with E-state index in [0.29, 0.717) is 0 Å². The molecule has 1 aliphatic heterocycles. The van der Waals surface area contributed by atoms with Crippen LogP contribution in [0.15, 0.2) is 24.4 Å². The van der Waals surface area contributed by atoms with Crippen molar-refractivity contribution in [3.05, 3.63) is 24.4 Å². The second-order valence-electron chi connectivity index (χ2n) is 2.00. The SMILES string of the molecule is CC(=O)C1C=CC=CN1. The summed E-state index contributed by atoms with van der Waals surface area (Å²) in [6.07, 6.45) is 7.33. The monoisotopic (exact) mass is 123 g/mol. The van der Waals surface area contributed by atoms with Gasteiger partial charge in [-0.15, -0.1) is 0 Å². The van der Waals surface area contributed by atoms with Crippen molar-refractivity contribution >= 4 is 5.78 Å². The smallest absolute Gasteiger partial charge is 0.155 e. The predicted molar refractivity (Wildman–Crippen MR) is 35.9 cm³/mol. The number of carbonyl (C=O) groups excluding carboxylic acids is 1. The van der Waals surface area contributed by atoms with Gasteiger partial charge in [-0.05, 0) is 19.2 Å². The van der Waals surface area contributed by atoms with E-state index in [1.54, 1.807) is 13.1 Å². The molecule has 0 fully saturated rings. The Balaban J connectivity index is 2.56. The molecule has 0 aromatic rings. The number of nitrogens with one attached hydrogen (secondary N) is 1. The molecule has 1 unspecified atom stereocenters. The van der Waals surface area contributed by atoms with Crippen molar-refractivity contribution in [3.63, 3.8) is 0 Å². The van der Waals surface area contributed by atoms with E-state index in [9.17, 15) is 4.79 Å². The van der Waals surface area contributed by atoms with Gasteiger partial charge in [0.25, 0.3) is 0 Å². The summed E-state index contributed by atoms with van der Waals surface area (Å²) < 4.78 is 0. The number of carbonyl (C=O) groups is 1. The molecule has 0 saturated carbocycles. The van der Waals surface area contributed by atoms with Crippen LogP contribution in [-0.2, 0) is 4.79 Å². The Kier molecular flexibility index (Phi) is 1.68. The van der Waals surface area contributed by atoms with Gasteiger partial charge in [-0.1, -0.05) is 12.2 Å². The van der Waals surface area contributed by atoms with Gasteiger partial charge in [-0.3, -0.25) is 4.79 Å². The molecular formula is C7H9NO. The Bertz CT molecular complexity index is 170. The van der Waals surface area contributed by atoms with E-state index in [2.05, 4.69) is 5.32 Å². The van der Waals surface area contributed by atoms with Gasteiger partial charge in [0.2, 0.25) is 0 Å². The van der Waals surface area contributed by atoms with Crippen LogP contribution in [0.1, 0.15) is 6.92 Å². The molecule has 0 radical (unpaired) electrons. The molecule has 0 aromatic carbocycles. The zero-order valence-electron chi connectivity index (χ0n) is 5.29. The molecule has 48 valence electrons. The average molecular weight is 123 g/mol. The van der Waals surface area contributed by atoms with Crippen molar-refractivity contribution < 1.29 is 4.79 Å². The zero-order valence-corrected chi connectivity index (χ0v) is 5.29. The first-order chi connectivity index (χ1) is 4.30. The molecule has 0 amide bonds. The Morgan fingerprint density at radius 2 is 2.33 bits per heavy atom. The Morgan fingerprint density at radius 3 is 2.67 bits per heavy atom. The van der Waals surface area contributed by atoms with Crippen molar-refractivity contribution in [1.29, 1.82) is 0 Å². The molecule has 2 nitrogen and oxygen atoms in total. The minimum atomic E-state index is -0.102. The fraction of sp³-hybridized carbons (Fsp3) is 0.286. The van der Waals surface area contributed by atoms with E-state index >= 15 is 0 Å². The molecule has 1 atom stereocenters. The number of allylic oxidation sites excluding steroid dienone is 2. The van der Waals surface area contributed by atoms with Crippen molar-refractivity contribution in [2.24, 2.45) is 0 Å². The topological polar surface area (TPSA) is 29.1 Å². The normalized spacial score (nSPS) is 23.4. The Morgan fingerprint density at radius 1 is 1.56 bits per heavy atom. The summed E-state index contributed by atoms with van der Waals surface area (Å²) in [5.41, 5.74) is 0. The highest BCUT2D eigenvalue weighted by molar-refractivity contribution is 5.83. The van der Waals surface area contributed by atoms with Gasteiger partial charge in [0.1, 0.15) is 6.04 Å². The van der Waals surface area contributed by atoms with Gasteiger partial charge in [0, 0.05) is 0 Å². The van der Waals surface area contributed by atoms with Crippen LogP contribution in [0.25, 0.3) is 0 Å². The first kappa shape index (κ1) is 6.08. The number of Topliss-reactive ketones (excluding diaryl/α,β-unsaturated/α-hetero) is 1. The fourth-order valence-electron chi connectivity index (χ4n) is 0.698. The minimum Gasteiger partial charge on any atom is -0.378 e. The van der Waals surface area contributed by atoms with Crippen molar-refractivity contribution in [3.8, 4) is 0 Å². The number of ketones is 1. The third-order valence-electron chi connectivity index (χ3n) is 1.22. The first-order valence-corrected chi connectivity index (χ1v) is 2.90. The molecule has 0 aliphatic carbocycles. The quantitative estimate of drug-likeness (QED) is 0.553. The van der Waals surface area contributed by atoms with Crippen LogP contribution in [0.4, 0.5) is 0 Å². The summed E-state index contributed by atoms with van der Waals surface area (Å²) in [7, 11) is 0. The fourth-order valence-corrected chi connectivity index (χ4v) is 0.698. The maximum absolute atomic E-state index is 10.7. The van der Waals surface area contributed by atoms with Gasteiger partial charge in [0.15, 0.2) is 5.78 Å². The van der Waals surface area contributed by atoms with Crippen LogP contribution in [0, 0.1) is 0 Å². The number of rotatable bonds is 1. The van der Waals surface area contributed by atoms with Crippen LogP contribution < -0.4 is 5.32 Å². The molecule has 1 heterocycles. The standard InChI is InChI=1S/C7H9NO/c1-6(9)7-4-2-3-5-8-7/h2-5,7-8H,1H3. The summed E-state index contributed by atoms with van der Waals surface area (Å²) in [5, 5.41) is 2.90. The largest absolute Gasteiger partial charge is 0.378 e. The summed E-state index contributed by atoms with van der Waals surface area (Å²) >= 11 is 0. The van der Waals surface area contributed by atoms with E-state index < -0.39 is 0 Å². The number of hydrogen-bond donors (Lipinski definition) is 1. The van der Waals surface area contributed by atoms with E-state index in [-0.39, 0.29) is 11.8 Å². The number of hydrogen-bond acceptors (Lipinski definition) is 2. The Labute approximate surface area is 54.3 Å². The highest BCUT2D eigenvalue weighted by atomic mass is 16.1. The van der Waals surface area contributed by atoms with Crippen molar-refractivity contribution in [2.75, 3.05) is 0 Å². The highest BCUT2D eigenvalue weighted by Gasteiger charge is 2.07. The first-order valence-electron chi connectivity index (χ1n) is 2.90.